The third-order valence-electron chi connectivity index (χ3n) is 4.14. The second kappa shape index (κ2) is 4.29. The number of carbonyl (C=O) groups excluding carboxylic acids is 2. The summed E-state index contributed by atoms with van der Waals surface area (Å²) in [5, 5.41) is 3.30. The number of hydrogen-bond acceptors (Lipinski definition) is 3. The van der Waals surface area contributed by atoms with E-state index in [0.717, 1.165) is 45.4 Å². The smallest absolute Gasteiger partial charge is 0.245 e. The van der Waals surface area contributed by atoms with Crippen LogP contribution in [0.3, 0.4) is 0 Å². The molecule has 0 aliphatic carbocycles. The summed E-state index contributed by atoms with van der Waals surface area (Å²) in [5.41, 5.74) is 0. The summed E-state index contributed by atoms with van der Waals surface area (Å²) in [7, 11) is 0. The maximum absolute atomic E-state index is 12.3. The molecule has 0 aromatic rings. The molecule has 3 aliphatic rings. The molecule has 2 unspecified atom stereocenters. The first-order valence-electron chi connectivity index (χ1n) is 6.54. The molecule has 2 atom stereocenters. The van der Waals surface area contributed by atoms with E-state index in [0.29, 0.717) is 12.5 Å². The number of hydrogen-bond donors (Lipinski definition) is 1. The molecule has 3 aliphatic heterocycles. The van der Waals surface area contributed by atoms with Gasteiger partial charge in [0, 0.05) is 13.1 Å². The second-order valence-electron chi connectivity index (χ2n) is 5.32. The molecule has 17 heavy (non-hydrogen) atoms. The maximum Gasteiger partial charge on any atom is 0.245 e. The van der Waals surface area contributed by atoms with Gasteiger partial charge in [0.05, 0.1) is 6.54 Å². The van der Waals surface area contributed by atoms with E-state index in [1.54, 1.807) is 9.80 Å². The Kier molecular flexibility index (Phi) is 2.78. The van der Waals surface area contributed by atoms with Crippen molar-refractivity contribution in [3.8, 4) is 0 Å². The lowest BCUT2D eigenvalue weighted by molar-refractivity contribution is -0.154. The molecule has 3 fully saturated rings. The zero-order valence-corrected chi connectivity index (χ0v) is 10.0. The van der Waals surface area contributed by atoms with Crippen LogP contribution < -0.4 is 5.32 Å². The van der Waals surface area contributed by atoms with Gasteiger partial charge in [0.2, 0.25) is 11.8 Å². The van der Waals surface area contributed by atoms with Crippen LogP contribution in [0.1, 0.15) is 19.3 Å². The van der Waals surface area contributed by atoms with Crippen molar-refractivity contribution in [2.24, 2.45) is 5.92 Å². The molecule has 0 bridgehead atoms. The van der Waals surface area contributed by atoms with Gasteiger partial charge in [0.1, 0.15) is 6.04 Å². The van der Waals surface area contributed by atoms with Gasteiger partial charge in [-0.3, -0.25) is 9.59 Å². The summed E-state index contributed by atoms with van der Waals surface area (Å²) < 4.78 is 0. The van der Waals surface area contributed by atoms with E-state index in [9.17, 15) is 9.59 Å². The fraction of sp³-hybridized carbons (Fsp3) is 0.833. The third-order valence-corrected chi connectivity index (χ3v) is 4.14. The molecule has 0 aromatic heterocycles. The molecule has 0 spiro atoms. The summed E-state index contributed by atoms with van der Waals surface area (Å²) in [6.45, 7) is 3.84. The van der Waals surface area contributed by atoms with Crippen molar-refractivity contribution < 1.29 is 9.59 Å². The molecular formula is C12H19N3O2. The Balaban J connectivity index is 1.68. The summed E-state index contributed by atoms with van der Waals surface area (Å²) in [6, 6.07) is -0.148. The molecule has 1 N–H and O–H groups in total. The summed E-state index contributed by atoms with van der Waals surface area (Å²) >= 11 is 0. The topological polar surface area (TPSA) is 52.7 Å². The zero-order valence-electron chi connectivity index (χ0n) is 10.0. The van der Waals surface area contributed by atoms with E-state index in [1.807, 2.05) is 0 Å². The Morgan fingerprint density at radius 1 is 1.29 bits per heavy atom. The average Bonchev–Trinajstić information content (AvgIpc) is 2.96. The standard InChI is InChI=1S/C12H19N3O2/c16-11-8-14(7-9-3-4-13-6-9)12(17)10-2-1-5-15(10)11/h9-10,13H,1-8H2. The average molecular weight is 237 g/mol. The van der Waals surface area contributed by atoms with Crippen LogP contribution in [-0.4, -0.2) is 60.4 Å². The number of nitrogens with one attached hydrogen (secondary N) is 1. The number of nitrogens with zero attached hydrogens (tertiary/aromatic N) is 2. The Morgan fingerprint density at radius 3 is 2.94 bits per heavy atom. The van der Waals surface area contributed by atoms with Crippen molar-refractivity contribution in [3.05, 3.63) is 0 Å². The quantitative estimate of drug-likeness (QED) is 0.700. The molecular weight excluding hydrogens is 218 g/mol. The molecule has 3 saturated heterocycles. The minimum absolute atomic E-state index is 0.137. The van der Waals surface area contributed by atoms with Crippen LogP contribution in [0.2, 0.25) is 0 Å². The van der Waals surface area contributed by atoms with Gasteiger partial charge in [-0.15, -0.1) is 0 Å². The van der Waals surface area contributed by atoms with Crippen LogP contribution >= 0.6 is 0 Å². The van der Waals surface area contributed by atoms with Crippen molar-refractivity contribution >= 4 is 11.8 Å². The fourth-order valence-corrected chi connectivity index (χ4v) is 3.20. The van der Waals surface area contributed by atoms with Gasteiger partial charge in [0.25, 0.3) is 0 Å². The summed E-state index contributed by atoms with van der Waals surface area (Å²) in [6.07, 6.45) is 2.94. The van der Waals surface area contributed by atoms with Gasteiger partial charge in [-0.25, -0.2) is 0 Å². The lowest BCUT2D eigenvalue weighted by atomic mass is 10.1. The van der Waals surface area contributed by atoms with E-state index in [4.69, 9.17) is 0 Å². The molecule has 94 valence electrons. The summed E-state index contributed by atoms with van der Waals surface area (Å²) in [5.74, 6) is 0.840. The van der Waals surface area contributed by atoms with Gasteiger partial charge < -0.3 is 15.1 Å². The number of carbonyl (C=O) groups is 2. The highest BCUT2D eigenvalue weighted by atomic mass is 16.2. The van der Waals surface area contributed by atoms with E-state index in [2.05, 4.69) is 5.32 Å². The molecule has 3 heterocycles. The van der Waals surface area contributed by atoms with Gasteiger partial charge in [-0.1, -0.05) is 0 Å². The lowest BCUT2D eigenvalue weighted by Crippen LogP contribution is -2.58. The van der Waals surface area contributed by atoms with Gasteiger partial charge in [-0.2, -0.15) is 0 Å². The monoisotopic (exact) mass is 237 g/mol. The first kappa shape index (κ1) is 11.0. The first-order chi connectivity index (χ1) is 8.25. The van der Waals surface area contributed by atoms with Crippen LogP contribution in [0.25, 0.3) is 0 Å². The largest absolute Gasteiger partial charge is 0.331 e. The zero-order chi connectivity index (χ0) is 11.8. The molecule has 3 rings (SSSR count). The minimum Gasteiger partial charge on any atom is -0.331 e. The van der Waals surface area contributed by atoms with Crippen molar-refractivity contribution in [1.29, 1.82) is 0 Å². The number of amides is 2. The van der Waals surface area contributed by atoms with E-state index < -0.39 is 0 Å². The van der Waals surface area contributed by atoms with Crippen LogP contribution in [0.15, 0.2) is 0 Å². The van der Waals surface area contributed by atoms with Crippen molar-refractivity contribution in [2.75, 3.05) is 32.7 Å². The molecule has 2 amide bonds. The molecule has 0 saturated carbocycles. The SMILES string of the molecule is O=C1C2CCCN2C(=O)CN1CC1CCNC1. The summed E-state index contributed by atoms with van der Waals surface area (Å²) in [4.78, 5) is 27.7. The normalized spacial score (nSPS) is 33.4. The number of fused-ring (bicyclic) bond motifs is 1. The molecule has 5 heteroatoms. The fourth-order valence-electron chi connectivity index (χ4n) is 3.20. The third kappa shape index (κ3) is 1.92. The highest BCUT2D eigenvalue weighted by molar-refractivity contribution is 5.95. The van der Waals surface area contributed by atoms with Gasteiger partial charge >= 0.3 is 0 Å². The number of piperazine rings is 1. The Labute approximate surface area is 101 Å². The Morgan fingerprint density at radius 2 is 2.18 bits per heavy atom. The highest BCUT2D eigenvalue weighted by Gasteiger charge is 2.42. The van der Waals surface area contributed by atoms with Crippen molar-refractivity contribution in [1.82, 2.24) is 15.1 Å². The number of rotatable bonds is 2. The predicted molar refractivity (Wildman–Crippen MR) is 62.3 cm³/mol. The van der Waals surface area contributed by atoms with Gasteiger partial charge in [0.15, 0.2) is 0 Å². The Bertz CT molecular complexity index is 339. The van der Waals surface area contributed by atoms with E-state index in [1.165, 1.54) is 0 Å². The molecule has 5 nitrogen and oxygen atoms in total. The second-order valence-corrected chi connectivity index (χ2v) is 5.32. The van der Waals surface area contributed by atoms with Crippen LogP contribution in [0, 0.1) is 5.92 Å². The highest BCUT2D eigenvalue weighted by Crippen LogP contribution is 2.24. The van der Waals surface area contributed by atoms with Crippen LogP contribution in [0.4, 0.5) is 0 Å². The molecule has 0 radical (unpaired) electrons. The van der Waals surface area contributed by atoms with E-state index >= 15 is 0 Å². The Hall–Kier alpha value is -1.10. The lowest BCUT2D eigenvalue weighted by Gasteiger charge is -2.37. The maximum atomic E-state index is 12.3. The van der Waals surface area contributed by atoms with Crippen LogP contribution in [0.5, 0.6) is 0 Å². The van der Waals surface area contributed by atoms with Crippen molar-refractivity contribution in [3.63, 3.8) is 0 Å². The molecule has 0 aromatic carbocycles. The van der Waals surface area contributed by atoms with Crippen LogP contribution in [-0.2, 0) is 9.59 Å². The van der Waals surface area contributed by atoms with E-state index in [-0.39, 0.29) is 17.9 Å². The minimum atomic E-state index is -0.148. The van der Waals surface area contributed by atoms with Gasteiger partial charge in [-0.05, 0) is 38.3 Å². The van der Waals surface area contributed by atoms with Crippen molar-refractivity contribution in [2.45, 2.75) is 25.3 Å². The predicted octanol–water partition coefficient (Wildman–Crippen LogP) is -0.571. The first-order valence-corrected chi connectivity index (χ1v) is 6.54.